The minimum atomic E-state index is -0.153. The first-order chi connectivity index (χ1) is 7.63. The van der Waals surface area contributed by atoms with E-state index in [1.54, 1.807) is 13.2 Å². The van der Waals surface area contributed by atoms with Crippen molar-refractivity contribution >= 4 is 21.9 Å². The lowest BCUT2D eigenvalue weighted by Crippen LogP contribution is -2.11. The largest absolute Gasteiger partial charge is 0.493 e. The lowest BCUT2D eigenvalue weighted by atomic mass is 10.2. The molecule has 0 saturated heterocycles. The highest BCUT2D eigenvalue weighted by atomic mass is 79.9. The number of benzene rings is 1. The van der Waals surface area contributed by atoms with Crippen LogP contribution in [0.25, 0.3) is 0 Å². The number of hydrogen-bond acceptors (Lipinski definition) is 3. The molecular weight excluding hydrogens is 272 g/mol. The maximum Gasteiger partial charge on any atom is 0.314 e. The molecule has 0 heterocycles. The van der Waals surface area contributed by atoms with Crippen LogP contribution in [0, 0.1) is 12.8 Å². The minimum Gasteiger partial charge on any atom is -0.493 e. The average Bonchev–Trinajstić information content (AvgIpc) is 3.08. The second-order valence-electron chi connectivity index (χ2n) is 3.90. The van der Waals surface area contributed by atoms with Gasteiger partial charge in [0.15, 0.2) is 11.5 Å². The molecule has 0 atom stereocenters. The first kappa shape index (κ1) is 11.5. The molecule has 86 valence electrons. The van der Waals surface area contributed by atoms with Crippen molar-refractivity contribution in [2.45, 2.75) is 19.8 Å². The average molecular weight is 285 g/mol. The molecule has 16 heavy (non-hydrogen) atoms. The molecule has 1 aliphatic rings. The van der Waals surface area contributed by atoms with Crippen LogP contribution < -0.4 is 9.47 Å². The van der Waals surface area contributed by atoms with Crippen molar-refractivity contribution < 1.29 is 14.3 Å². The predicted molar refractivity (Wildman–Crippen MR) is 63.8 cm³/mol. The van der Waals surface area contributed by atoms with Gasteiger partial charge in [-0.05, 0) is 31.9 Å². The Labute approximate surface area is 103 Å². The van der Waals surface area contributed by atoms with Gasteiger partial charge in [-0.2, -0.15) is 0 Å². The third-order valence-electron chi connectivity index (χ3n) is 2.64. The van der Waals surface area contributed by atoms with E-state index in [1.807, 2.05) is 13.0 Å². The summed E-state index contributed by atoms with van der Waals surface area (Å²) in [5.41, 5.74) is 0.883. The summed E-state index contributed by atoms with van der Waals surface area (Å²) in [6.45, 7) is 1.89. The van der Waals surface area contributed by atoms with Crippen molar-refractivity contribution in [2.24, 2.45) is 5.92 Å². The summed E-state index contributed by atoms with van der Waals surface area (Å²) >= 11 is 3.41. The van der Waals surface area contributed by atoms with Crippen molar-refractivity contribution in [2.75, 3.05) is 7.11 Å². The van der Waals surface area contributed by atoms with E-state index < -0.39 is 0 Å². The summed E-state index contributed by atoms with van der Waals surface area (Å²) in [4.78, 5) is 11.6. The van der Waals surface area contributed by atoms with Gasteiger partial charge in [0.1, 0.15) is 0 Å². The molecule has 0 N–H and O–H groups in total. The lowest BCUT2D eigenvalue weighted by Gasteiger charge is -2.12. The van der Waals surface area contributed by atoms with Gasteiger partial charge >= 0.3 is 5.97 Å². The standard InChI is InChI=1S/C12H13BrO3/c1-7-9(13)5-6-10(15-2)11(7)16-12(14)8-3-4-8/h5-6,8H,3-4H2,1-2H3. The van der Waals surface area contributed by atoms with Gasteiger partial charge in [0.2, 0.25) is 0 Å². The summed E-state index contributed by atoms with van der Waals surface area (Å²) in [5, 5.41) is 0. The fraction of sp³-hybridized carbons (Fsp3) is 0.417. The summed E-state index contributed by atoms with van der Waals surface area (Å²) in [7, 11) is 1.57. The number of hydrogen-bond donors (Lipinski definition) is 0. The number of carbonyl (C=O) groups is 1. The highest BCUT2D eigenvalue weighted by Gasteiger charge is 2.32. The van der Waals surface area contributed by atoms with Crippen LogP contribution in [0.5, 0.6) is 11.5 Å². The van der Waals surface area contributed by atoms with Crippen LogP contribution in [-0.4, -0.2) is 13.1 Å². The zero-order valence-electron chi connectivity index (χ0n) is 9.25. The van der Waals surface area contributed by atoms with Crippen LogP contribution in [0.1, 0.15) is 18.4 Å². The number of ether oxygens (including phenoxy) is 2. The van der Waals surface area contributed by atoms with Gasteiger partial charge in [-0.3, -0.25) is 4.79 Å². The van der Waals surface area contributed by atoms with E-state index in [-0.39, 0.29) is 11.9 Å². The first-order valence-corrected chi connectivity index (χ1v) is 5.97. The molecule has 1 aliphatic carbocycles. The Balaban J connectivity index is 2.29. The molecule has 1 saturated carbocycles. The number of carbonyl (C=O) groups excluding carboxylic acids is 1. The van der Waals surface area contributed by atoms with E-state index >= 15 is 0 Å². The second-order valence-corrected chi connectivity index (χ2v) is 4.75. The van der Waals surface area contributed by atoms with E-state index in [0.29, 0.717) is 11.5 Å². The monoisotopic (exact) mass is 284 g/mol. The summed E-state index contributed by atoms with van der Waals surface area (Å²) in [6, 6.07) is 3.66. The van der Waals surface area contributed by atoms with E-state index in [9.17, 15) is 4.79 Å². The normalized spacial score (nSPS) is 14.7. The third-order valence-corrected chi connectivity index (χ3v) is 3.50. The minimum absolute atomic E-state index is 0.0862. The Hall–Kier alpha value is -1.03. The predicted octanol–water partition coefficient (Wildman–Crippen LogP) is 3.08. The van der Waals surface area contributed by atoms with Crippen molar-refractivity contribution in [1.29, 1.82) is 0 Å². The van der Waals surface area contributed by atoms with Gasteiger partial charge in [-0.15, -0.1) is 0 Å². The fourth-order valence-corrected chi connectivity index (χ4v) is 1.75. The Bertz CT molecular complexity index is 425. The Morgan fingerprint density at radius 3 is 2.69 bits per heavy atom. The van der Waals surface area contributed by atoms with Crippen LogP contribution in [0.3, 0.4) is 0 Å². The zero-order chi connectivity index (χ0) is 11.7. The Kier molecular flexibility index (Phi) is 3.19. The topological polar surface area (TPSA) is 35.5 Å². The highest BCUT2D eigenvalue weighted by molar-refractivity contribution is 9.10. The van der Waals surface area contributed by atoms with E-state index in [2.05, 4.69) is 15.9 Å². The maximum absolute atomic E-state index is 11.6. The molecule has 0 spiro atoms. The third kappa shape index (κ3) is 2.21. The number of esters is 1. The highest BCUT2D eigenvalue weighted by Crippen LogP contribution is 2.38. The number of methoxy groups -OCH3 is 1. The molecule has 0 unspecified atom stereocenters. The van der Waals surface area contributed by atoms with Gasteiger partial charge in [0, 0.05) is 10.0 Å². The van der Waals surface area contributed by atoms with Gasteiger partial charge < -0.3 is 9.47 Å². The van der Waals surface area contributed by atoms with Crippen molar-refractivity contribution in [3.8, 4) is 11.5 Å². The zero-order valence-corrected chi connectivity index (χ0v) is 10.8. The summed E-state index contributed by atoms with van der Waals surface area (Å²) in [5.74, 6) is 1.05. The van der Waals surface area contributed by atoms with Gasteiger partial charge in [0.25, 0.3) is 0 Å². The number of rotatable bonds is 3. The molecular formula is C12H13BrO3. The van der Waals surface area contributed by atoms with Crippen LogP contribution in [0.2, 0.25) is 0 Å². The number of halogens is 1. The van der Waals surface area contributed by atoms with Crippen LogP contribution >= 0.6 is 15.9 Å². The van der Waals surface area contributed by atoms with Gasteiger partial charge in [0.05, 0.1) is 13.0 Å². The van der Waals surface area contributed by atoms with Crippen molar-refractivity contribution in [1.82, 2.24) is 0 Å². The molecule has 0 aromatic heterocycles. The van der Waals surface area contributed by atoms with Crippen LogP contribution in [0.15, 0.2) is 16.6 Å². The van der Waals surface area contributed by atoms with Crippen molar-refractivity contribution in [3.05, 3.63) is 22.2 Å². The van der Waals surface area contributed by atoms with E-state index in [4.69, 9.17) is 9.47 Å². The molecule has 1 fully saturated rings. The fourth-order valence-electron chi connectivity index (χ4n) is 1.43. The molecule has 3 nitrogen and oxygen atoms in total. The first-order valence-electron chi connectivity index (χ1n) is 5.18. The molecule has 1 aromatic rings. The Morgan fingerprint density at radius 1 is 1.44 bits per heavy atom. The second kappa shape index (κ2) is 4.45. The quantitative estimate of drug-likeness (QED) is 0.632. The van der Waals surface area contributed by atoms with E-state index in [0.717, 1.165) is 22.9 Å². The SMILES string of the molecule is COc1ccc(Br)c(C)c1OC(=O)C1CC1. The maximum atomic E-state index is 11.6. The summed E-state index contributed by atoms with van der Waals surface area (Å²) in [6.07, 6.45) is 1.88. The lowest BCUT2D eigenvalue weighted by molar-refractivity contribution is -0.135. The molecule has 0 aliphatic heterocycles. The molecule has 0 amide bonds. The molecule has 0 radical (unpaired) electrons. The summed E-state index contributed by atoms with van der Waals surface area (Å²) < 4.78 is 11.5. The van der Waals surface area contributed by atoms with Gasteiger partial charge in [-0.1, -0.05) is 15.9 Å². The molecule has 4 heteroatoms. The van der Waals surface area contributed by atoms with Gasteiger partial charge in [-0.25, -0.2) is 0 Å². The van der Waals surface area contributed by atoms with Crippen LogP contribution in [0.4, 0.5) is 0 Å². The molecule has 1 aromatic carbocycles. The van der Waals surface area contributed by atoms with E-state index in [1.165, 1.54) is 0 Å². The van der Waals surface area contributed by atoms with Crippen molar-refractivity contribution in [3.63, 3.8) is 0 Å². The van der Waals surface area contributed by atoms with Crippen LogP contribution in [-0.2, 0) is 4.79 Å². The smallest absolute Gasteiger partial charge is 0.314 e. The molecule has 2 rings (SSSR count). The Morgan fingerprint density at radius 2 is 2.12 bits per heavy atom. The molecule has 0 bridgehead atoms.